The van der Waals surface area contributed by atoms with E-state index in [1.54, 1.807) is 6.20 Å². The van der Waals surface area contributed by atoms with Crippen molar-refractivity contribution in [2.75, 3.05) is 45.9 Å². The summed E-state index contributed by atoms with van der Waals surface area (Å²) in [7, 11) is 0. The molecule has 1 fully saturated rings. The number of benzene rings is 1. The molecule has 6 nitrogen and oxygen atoms in total. The van der Waals surface area contributed by atoms with E-state index < -0.39 is 0 Å². The smallest absolute Gasteiger partial charge is 0.263 e. The highest BCUT2D eigenvalue weighted by Crippen LogP contribution is 2.09. The van der Waals surface area contributed by atoms with Gasteiger partial charge in [-0.05, 0) is 18.4 Å². The van der Waals surface area contributed by atoms with Gasteiger partial charge < -0.3 is 15.0 Å². The van der Waals surface area contributed by atoms with E-state index in [4.69, 9.17) is 4.74 Å². The van der Waals surface area contributed by atoms with Crippen LogP contribution in [0.3, 0.4) is 0 Å². The monoisotopic (exact) mass is 384 g/mol. The third-order valence-electron chi connectivity index (χ3n) is 4.73. The molecule has 0 aromatic heterocycles. The number of rotatable bonds is 11. The maximum absolute atomic E-state index is 12.2. The van der Waals surface area contributed by atoms with Crippen molar-refractivity contribution in [3.63, 3.8) is 0 Å². The molecule has 0 radical (unpaired) electrons. The van der Waals surface area contributed by atoms with Crippen LogP contribution in [0.2, 0.25) is 0 Å². The fourth-order valence-corrected chi connectivity index (χ4v) is 3.03. The topological polar surface area (TPSA) is 68.6 Å². The lowest BCUT2D eigenvalue weighted by Crippen LogP contribution is -2.44. The lowest BCUT2D eigenvalue weighted by molar-refractivity contribution is -0.117. The largest absolute Gasteiger partial charge is 0.381 e. The average Bonchev–Trinajstić information content (AvgIpc) is 2.73. The number of piperazine rings is 1. The van der Waals surface area contributed by atoms with Gasteiger partial charge in [0.15, 0.2) is 0 Å². The Balaban J connectivity index is 1.69. The number of amides is 1. The summed E-state index contributed by atoms with van der Waals surface area (Å²) in [5, 5.41) is 12.1. The van der Waals surface area contributed by atoms with Crippen LogP contribution in [0.15, 0.2) is 42.1 Å². The maximum Gasteiger partial charge on any atom is 0.263 e. The van der Waals surface area contributed by atoms with Crippen LogP contribution in [0.4, 0.5) is 0 Å². The Morgan fingerprint density at radius 1 is 1.18 bits per heavy atom. The van der Waals surface area contributed by atoms with Crippen LogP contribution in [-0.4, -0.2) is 61.6 Å². The molecule has 0 saturated carbocycles. The van der Waals surface area contributed by atoms with Gasteiger partial charge in [-0.3, -0.25) is 9.69 Å². The fraction of sp³-hybridized carbons (Fsp3) is 0.545. The first-order valence-electron chi connectivity index (χ1n) is 10.2. The number of carbonyl (C=O) groups excluding carboxylic acids is 1. The molecule has 1 aromatic rings. The lowest BCUT2D eigenvalue weighted by atomic mass is 10.2. The molecule has 1 aliphatic rings. The van der Waals surface area contributed by atoms with E-state index in [2.05, 4.69) is 46.3 Å². The zero-order valence-electron chi connectivity index (χ0n) is 16.9. The van der Waals surface area contributed by atoms with Gasteiger partial charge in [-0.1, -0.05) is 43.7 Å². The Morgan fingerprint density at radius 3 is 2.57 bits per heavy atom. The molecule has 6 heteroatoms. The molecular formula is C22H32N4O2. The van der Waals surface area contributed by atoms with Crippen molar-refractivity contribution < 1.29 is 9.53 Å². The molecule has 1 N–H and O–H groups in total. The highest BCUT2D eigenvalue weighted by molar-refractivity contribution is 5.97. The first kappa shape index (κ1) is 21.9. The Hall–Kier alpha value is -2.36. The van der Waals surface area contributed by atoms with Crippen molar-refractivity contribution in [1.29, 1.82) is 5.26 Å². The highest BCUT2D eigenvalue weighted by atomic mass is 16.5. The predicted molar refractivity (Wildman–Crippen MR) is 110 cm³/mol. The van der Waals surface area contributed by atoms with Gasteiger partial charge in [0.1, 0.15) is 11.6 Å². The first-order chi connectivity index (χ1) is 13.7. The third kappa shape index (κ3) is 8.12. The number of hydrogen-bond donors (Lipinski definition) is 1. The summed E-state index contributed by atoms with van der Waals surface area (Å²) >= 11 is 0. The molecule has 1 aromatic carbocycles. The molecule has 0 aliphatic carbocycles. The van der Waals surface area contributed by atoms with E-state index >= 15 is 0 Å². The Kier molecular flexibility index (Phi) is 10.1. The predicted octanol–water partition coefficient (Wildman–Crippen LogP) is 2.53. The molecule has 1 aliphatic heterocycles. The fourth-order valence-electron chi connectivity index (χ4n) is 3.03. The second kappa shape index (κ2) is 12.9. The van der Waals surface area contributed by atoms with E-state index in [0.29, 0.717) is 13.2 Å². The zero-order chi connectivity index (χ0) is 20.0. The molecule has 2 rings (SSSR count). The third-order valence-corrected chi connectivity index (χ3v) is 4.73. The van der Waals surface area contributed by atoms with E-state index in [9.17, 15) is 10.1 Å². The normalized spacial score (nSPS) is 15.3. The van der Waals surface area contributed by atoms with Crippen LogP contribution in [0.25, 0.3) is 0 Å². The summed E-state index contributed by atoms with van der Waals surface area (Å²) in [6.45, 7) is 8.45. The Bertz CT molecular complexity index is 646. The van der Waals surface area contributed by atoms with Gasteiger partial charge in [-0.15, -0.1) is 0 Å². The minimum Gasteiger partial charge on any atom is -0.381 e. The minimum absolute atomic E-state index is 0.170. The van der Waals surface area contributed by atoms with Crippen molar-refractivity contribution >= 4 is 5.91 Å². The van der Waals surface area contributed by atoms with Crippen LogP contribution < -0.4 is 5.32 Å². The van der Waals surface area contributed by atoms with Gasteiger partial charge in [-0.2, -0.15) is 5.26 Å². The van der Waals surface area contributed by atoms with Crippen molar-refractivity contribution in [2.45, 2.75) is 32.7 Å². The zero-order valence-corrected chi connectivity index (χ0v) is 16.9. The molecule has 28 heavy (non-hydrogen) atoms. The number of nitriles is 1. The van der Waals surface area contributed by atoms with E-state index in [-0.39, 0.29) is 11.5 Å². The molecule has 0 unspecified atom stereocenters. The maximum atomic E-state index is 12.2. The van der Waals surface area contributed by atoms with E-state index in [1.165, 1.54) is 5.56 Å². The number of unbranched alkanes of at least 4 members (excludes halogenated alkanes) is 1. The number of ether oxygens (including phenoxy) is 1. The molecule has 1 saturated heterocycles. The highest BCUT2D eigenvalue weighted by Gasteiger charge is 2.17. The van der Waals surface area contributed by atoms with Gasteiger partial charge in [0.2, 0.25) is 0 Å². The van der Waals surface area contributed by atoms with E-state index in [0.717, 1.165) is 58.6 Å². The number of nitrogens with one attached hydrogen (secondary N) is 1. The molecule has 0 atom stereocenters. The summed E-state index contributed by atoms with van der Waals surface area (Å²) < 4.78 is 5.47. The number of carbonyl (C=O) groups is 1. The van der Waals surface area contributed by atoms with Gasteiger partial charge in [0, 0.05) is 58.7 Å². The SMILES string of the molecule is CCCCOCCCNC(=O)/C(C#N)=C\N1CCN(Cc2ccccc2)CC1. The van der Waals surface area contributed by atoms with Crippen molar-refractivity contribution in [2.24, 2.45) is 0 Å². The minimum atomic E-state index is -0.303. The Labute approximate surface area is 168 Å². The van der Waals surface area contributed by atoms with Crippen LogP contribution in [0, 0.1) is 11.3 Å². The molecule has 152 valence electrons. The quantitative estimate of drug-likeness (QED) is 0.361. The average molecular weight is 385 g/mol. The molecule has 0 spiro atoms. The summed E-state index contributed by atoms with van der Waals surface area (Å²) in [5.41, 5.74) is 1.48. The number of hydrogen-bond acceptors (Lipinski definition) is 5. The molecule has 1 amide bonds. The van der Waals surface area contributed by atoms with Crippen LogP contribution in [-0.2, 0) is 16.1 Å². The van der Waals surface area contributed by atoms with Crippen molar-refractivity contribution in [3.8, 4) is 6.07 Å². The summed E-state index contributed by atoms with van der Waals surface area (Å²) in [6.07, 6.45) is 4.64. The van der Waals surface area contributed by atoms with Crippen molar-refractivity contribution in [1.82, 2.24) is 15.1 Å². The molecule has 1 heterocycles. The van der Waals surface area contributed by atoms with Gasteiger partial charge >= 0.3 is 0 Å². The Morgan fingerprint density at radius 2 is 1.89 bits per heavy atom. The van der Waals surface area contributed by atoms with Crippen LogP contribution in [0.1, 0.15) is 31.7 Å². The lowest BCUT2D eigenvalue weighted by Gasteiger charge is -2.34. The molecule has 0 bridgehead atoms. The standard InChI is InChI=1S/C22H32N4O2/c1-2-3-15-28-16-7-10-24-22(27)21(17-23)19-26-13-11-25(12-14-26)18-20-8-5-4-6-9-20/h4-6,8-9,19H,2-3,7,10-16,18H2,1H3,(H,24,27)/b21-19-. The molecular weight excluding hydrogens is 352 g/mol. The van der Waals surface area contributed by atoms with Crippen LogP contribution in [0.5, 0.6) is 0 Å². The van der Waals surface area contributed by atoms with E-state index in [1.807, 2.05) is 12.1 Å². The van der Waals surface area contributed by atoms with Gasteiger partial charge in [0.05, 0.1) is 0 Å². The second-order valence-corrected chi connectivity index (χ2v) is 7.03. The second-order valence-electron chi connectivity index (χ2n) is 7.03. The van der Waals surface area contributed by atoms with Gasteiger partial charge in [0.25, 0.3) is 5.91 Å². The summed E-state index contributed by atoms with van der Waals surface area (Å²) in [6, 6.07) is 12.5. The van der Waals surface area contributed by atoms with Crippen LogP contribution >= 0.6 is 0 Å². The van der Waals surface area contributed by atoms with Crippen molar-refractivity contribution in [3.05, 3.63) is 47.7 Å². The van der Waals surface area contributed by atoms with Gasteiger partial charge in [-0.25, -0.2) is 0 Å². The summed E-state index contributed by atoms with van der Waals surface area (Å²) in [4.78, 5) is 16.7. The first-order valence-corrected chi connectivity index (χ1v) is 10.2. The summed E-state index contributed by atoms with van der Waals surface area (Å²) in [5.74, 6) is -0.303. The number of nitrogens with zero attached hydrogens (tertiary/aromatic N) is 3.